The van der Waals surface area contributed by atoms with Crippen LogP contribution < -0.4 is 5.32 Å². The van der Waals surface area contributed by atoms with Crippen LogP contribution in [0.3, 0.4) is 0 Å². The zero-order valence-electron chi connectivity index (χ0n) is 14.5. The van der Waals surface area contributed by atoms with Crippen LogP contribution >= 0.6 is 0 Å². The standard InChI is InChI=1S/C20H21N5O/c26-20(24-12-10-19(11-13-24)25-15-21-14-22-25)23-18-8-6-17(7-9-18)16-4-2-1-3-5-16/h1-9,14-15,19H,10-13H2,(H,23,26). The number of hydrogen-bond acceptors (Lipinski definition) is 3. The Bertz CT molecular complexity index is 838. The highest BCUT2D eigenvalue weighted by molar-refractivity contribution is 5.89. The number of nitrogens with one attached hydrogen (secondary N) is 1. The van der Waals surface area contributed by atoms with Crippen molar-refractivity contribution in [3.8, 4) is 11.1 Å². The largest absolute Gasteiger partial charge is 0.324 e. The second kappa shape index (κ2) is 7.39. The first-order valence-corrected chi connectivity index (χ1v) is 8.85. The van der Waals surface area contributed by atoms with Crippen LogP contribution in [0.15, 0.2) is 67.3 Å². The number of amides is 2. The van der Waals surface area contributed by atoms with E-state index in [1.165, 1.54) is 5.56 Å². The van der Waals surface area contributed by atoms with Crippen molar-refractivity contribution in [3.63, 3.8) is 0 Å². The van der Waals surface area contributed by atoms with Crippen molar-refractivity contribution in [2.24, 2.45) is 0 Å². The van der Waals surface area contributed by atoms with E-state index in [0.717, 1.165) is 37.2 Å². The molecule has 1 N–H and O–H groups in total. The van der Waals surface area contributed by atoms with Gasteiger partial charge in [-0.05, 0) is 36.1 Å². The van der Waals surface area contributed by atoms with Crippen molar-refractivity contribution in [2.45, 2.75) is 18.9 Å². The van der Waals surface area contributed by atoms with Gasteiger partial charge in [-0.15, -0.1) is 0 Å². The van der Waals surface area contributed by atoms with E-state index < -0.39 is 0 Å². The van der Waals surface area contributed by atoms with Crippen molar-refractivity contribution >= 4 is 11.7 Å². The minimum absolute atomic E-state index is 0.0468. The van der Waals surface area contributed by atoms with Gasteiger partial charge in [0.25, 0.3) is 0 Å². The van der Waals surface area contributed by atoms with Crippen LogP contribution in [-0.2, 0) is 0 Å². The van der Waals surface area contributed by atoms with Crippen molar-refractivity contribution in [1.29, 1.82) is 0 Å². The number of anilines is 1. The lowest BCUT2D eigenvalue weighted by Gasteiger charge is -2.31. The summed E-state index contributed by atoms with van der Waals surface area (Å²) in [5.74, 6) is 0. The number of benzene rings is 2. The molecule has 6 nitrogen and oxygen atoms in total. The lowest BCUT2D eigenvalue weighted by atomic mass is 10.1. The molecule has 0 spiro atoms. The molecule has 4 rings (SSSR count). The zero-order valence-corrected chi connectivity index (χ0v) is 14.5. The van der Waals surface area contributed by atoms with Crippen LogP contribution in [0.5, 0.6) is 0 Å². The van der Waals surface area contributed by atoms with Gasteiger partial charge >= 0.3 is 6.03 Å². The zero-order chi connectivity index (χ0) is 17.8. The molecule has 2 amide bonds. The average molecular weight is 347 g/mol. The van der Waals surface area contributed by atoms with Gasteiger partial charge in [-0.2, -0.15) is 5.10 Å². The van der Waals surface area contributed by atoms with Gasteiger partial charge in [0.2, 0.25) is 0 Å². The fourth-order valence-electron chi connectivity index (χ4n) is 3.32. The van der Waals surface area contributed by atoms with Crippen LogP contribution in [0, 0.1) is 0 Å². The number of urea groups is 1. The van der Waals surface area contributed by atoms with E-state index in [1.807, 2.05) is 52.0 Å². The van der Waals surface area contributed by atoms with Crippen LogP contribution in [-0.4, -0.2) is 38.8 Å². The lowest BCUT2D eigenvalue weighted by Crippen LogP contribution is -2.41. The molecule has 1 fully saturated rings. The number of nitrogens with zero attached hydrogens (tertiary/aromatic N) is 4. The molecule has 0 atom stereocenters. The summed E-state index contributed by atoms with van der Waals surface area (Å²) < 4.78 is 1.89. The van der Waals surface area contributed by atoms with Crippen LogP contribution in [0.4, 0.5) is 10.5 Å². The Morgan fingerprint density at radius 1 is 0.962 bits per heavy atom. The van der Waals surface area contributed by atoms with E-state index in [2.05, 4.69) is 27.5 Å². The van der Waals surface area contributed by atoms with Crippen molar-refractivity contribution in [2.75, 3.05) is 18.4 Å². The Morgan fingerprint density at radius 2 is 1.65 bits per heavy atom. The fraction of sp³-hybridized carbons (Fsp3) is 0.250. The lowest BCUT2D eigenvalue weighted by molar-refractivity contribution is 0.180. The van der Waals surface area contributed by atoms with E-state index >= 15 is 0 Å². The highest BCUT2D eigenvalue weighted by Gasteiger charge is 2.24. The van der Waals surface area contributed by atoms with E-state index in [4.69, 9.17) is 0 Å². The summed E-state index contributed by atoms with van der Waals surface area (Å²) >= 11 is 0. The van der Waals surface area contributed by atoms with Crippen molar-refractivity contribution in [3.05, 3.63) is 67.3 Å². The summed E-state index contributed by atoms with van der Waals surface area (Å²) in [6.07, 6.45) is 5.08. The Labute approximate surface area is 152 Å². The monoisotopic (exact) mass is 347 g/mol. The van der Waals surface area contributed by atoms with Gasteiger partial charge in [-0.1, -0.05) is 42.5 Å². The van der Waals surface area contributed by atoms with Gasteiger partial charge in [0.05, 0.1) is 6.04 Å². The molecule has 0 radical (unpaired) electrons. The molecule has 0 unspecified atom stereocenters. The number of hydrogen-bond donors (Lipinski definition) is 1. The molecule has 1 aliphatic heterocycles. The SMILES string of the molecule is O=C(Nc1ccc(-c2ccccc2)cc1)N1CCC(n2cncn2)CC1. The number of rotatable bonds is 3. The minimum atomic E-state index is -0.0468. The molecular weight excluding hydrogens is 326 g/mol. The number of likely N-dealkylation sites (tertiary alicyclic amines) is 1. The molecule has 0 bridgehead atoms. The molecule has 1 saturated heterocycles. The molecular formula is C20H21N5O. The molecule has 3 aromatic rings. The Hall–Kier alpha value is -3.15. The summed E-state index contributed by atoms with van der Waals surface area (Å²) in [6.45, 7) is 1.44. The first-order chi connectivity index (χ1) is 12.8. The smallest absolute Gasteiger partial charge is 0.321 e. The second-order valence-corrected chi connectivity index (χ2v) is 6.47. The number of piperidine rings is 1. The quantitative estimate of drug-likeness (QED) is 0.783. The molecule has 2 aromatic carbocycles. The summed E-state index contributed by atoms with van der Waals surface area (Å²) in [7, 11) is 0. The number of carbonyl (C=O) groups is 1. The highest BCUT2D eigenvalue weighted by Crippen LogP contribution is 2.23. The van der Waals surface area contributed by atoms with E-state index in [9.17, 15) is 4.79 Å². The maximum atomic E-state index is 12.5. The molecule has 0 saturated carbocycles. The normalized spacial score (nSPS) is 15.0. The second-order valence-electron chi connectivity index (χ2n) is 6.47. The molecule has 6 heteroatoms. The predicted molar refractivity (Wildman–Crippen MR) is 101 cm³/mol. The van der Waals surface area contributed by atoms with E-state index in [0.29, 0.717) is 6.04 Å². The molecule has 26 heavy (non-hydrogen) atoms. The average Bonchev–Trinajstić information content (AvgIpc) is 3.24. The third kappa shape index (κ3) is 3.59. The third-order valence-electron chi connectivity index (χ3n) is 4.81. The third-order valence-corrected chi connectivity index (χ3v) is 4.81. The van der Waals surface area contributed by atoms with Gasteiger partial charge in [-0.3, -0.25) is 0 Å². The highest BCUT2D eigenvalue weighted by atomic mass is 16.2. The first-order valence-electron chi connectivity index (χ1n) is 8.85. The van der Waals surface area contributed by atoms with Gasteiger partial charge in [0, 0.05) is 18.8 Å². The summed E-state index contributed by atoms with van der Waals surface area (Å²) in [5, 5.41) is 7.19. The predicted octanol–water partition coefficient (Wildman–Crippen LogP) is 3.81. The topological polar surface area (TPSA) is 63.1 Å². The molecule has 132 valence electrons. The van der Waals surface area contributed by atoms with Crippen molar-refractivity contribution < 1.29 is 4.79 Å². The van der Waals surface area contributed by atoms with Gasteiger partial charge < -0.3 is 10.2 Å². The molecule has 1 aromatic heterocycles. The van der Waals surface area contributed by atoms with Gasteiger partial charge in [0.15, 0.2) is 0 Å². The van der Waals surface area contributed by atoms with Gasteiger partial charge in [-0.25, -0.2) is 14.5 Å². The Kier molecular flexibility index (Phi) is 4.64. The van der Waals surface area contributed by atoms with Crippen LogP contribution in [0.2, 0.25) is 0 Å². The maximum absolute atomic E-state index is 12.5. The fourth-order valence-corrected chi connectivity index (χ4v) is 3.32. The Balaban J connectivity index is 1.34. The van der Waals surface area contributed by atoms with E-state index in [1.54, 1.807) is 12.7 Å². The minimum Gasteiger partial charge on any atom is -0.324 e. The van der Waals surface area contributed by atoms with Crippen molar-refractivity contribution in [1.82, 2.24) is 19.7 Å². The maximum Gasteiger partial charge on any atom is 0.321 e. The number of aromatic nitrogens is 3. The molecule has 2 heterocycles. The summed E-state index contributed by atoms with van der Waals surface area (Å²) in [5.41, 5.74) is 3.12. The summed E-state index contributed by atoms with van der Waals surface area (Å²) in [6, 6.07) is 18.4. The number of carbonyl (C=O) groups excluding carboxylic acids is 1. The van der Waals surface area contributed by atoms with Crippen LogP contribution in [0.1, 0.15) is 18.9 Å². The Morgan fingerprint density at radius 3 is 2.31 bits per heavy atom. The van der Waals surface area contributed by atoms with Gasteiger partial charge in [0.1, 0.15) is 12.7 Å². The van der Waals surface area contributed by atoms with Crippen LogP contribution in [0.25, 0.3) is 11.1 Å². The first kappa shape index (κ1) is 16.3. The van der Waals surface area contributed by atoms with E-state index in [-0.39, 0.29) is 6.03 Å². The summed E-state index contributed by atoms with van der Waals surface area (Å²) in [4.78, 5) is 18.4. The molecule has 0 aliphatic carbocycles. The molecule has 1 aliphatic rings.